The normalized spacial score (nSPS) is 18.2. The van der Waals surface area contributed by atoms with E-state index >= 15 is 0 Å². The molecule has 7 heteroatoms. The van der Waals surface area contributed by atoms with Gasteiger partial charge in [0.15, 0.2) is 0 Å². The van der Waals surface area contributed by atoms with Gasteiger partial charge < -0.3 is 10.7 Å². The third-order valence-electron chi connectivity index (χ3n) is 2.71. The van der Waals surface area contributed by atoms with Gasteiger partial charge in [-0.25, -0.2) is 15.8 Å². The molecule has 4 N–H and O–H groups in total. The first-order chi connectivity index (χ1) is 8.58. The highest BCUT2D eigenvalue weighted by molar-refractivity contribution is 7.84. The van der Waals surface area contributed by atoms with Gasteiger partial charge in [-0.1, -0.05) is 0 Å². The molecular formula is C11H19N5OS. The third-order valence-corrected chi connectivity index (χ3v) is 3.68. The number of rotatable bonds is 6. The average molecular weight is 269 g/mol. The monoisotopic (exact) mass is 269 g/mol. The lowest BCUT2D eigenvalue weighted by Crippen LogP contribution is -2.23. The maximum absolute atomic E-state index is 11.2. The number of nitrogens with zero attached hydrogens (tertiary/aromatic N) is 2. The van der Waals surface area contributed by atoms with E-state index < -0.39 is 10.8 Å². The molecule has 2 unspecified atom stereocenters. The van der Waals surface area contributed by atoms with Crippen LogP contribution in [0.2, 0.25) is 0 Å². The highest BCUT2D eigenvalue weighted by Crippen LogP contribution is 2.38. The van der Waals surface area contributed by atoms with Gasteiger partial charge in [-0.2, -0.15) is 0 Å². The molecule has 0 aliphatic heterocycles. The number of aromatic nitrogens is 2. The average Bonchev–Trinajstić information content (AvgIpc) is 3.10. The van der Waals surface area contributed by atoms with Crippen LogP contribution in [-0.4, -0.2) is 32.2 Å². The lowest BCUT2D eigenvalue weighted by Gasteiger charge is -2.14. The molecular weight excluding hydrogens is 250 g/mol. The molecule has 2 atom stereocenters. The molecule has 1 aromatic heterocycles. The zero-order chi connectivity index (χ0) is 13.1. The van der Waals surface area contributed by atoms with Crippen LogP contribution in [0, 0.1) is 0 Å². The van der Waals surface area contributed by atoms with Crippen molar-refractivity contribution in [2.24, 2.45) is 5.84 Å². The Morgan fingerprint density at radius 1 is 1.50 bits per heavy atom. The van der Waals surface area contributed by atoms with Crippen molar-refractivity contribution in [3.63, 3.8) is 0 Å². The summed E-state index contributed by atoms with van der Waals surface area (Å²) < 4.78 is 11.2. The Balaban J connectivity index is 2.10. The first kappa shape index (κ1) is 13.2. The van der Waals surface area contributed by atoms with E-state index in [1.165, 1.54) is 0 Å². The second-order valence-electron chi connectivity index (χ2n) is 4.70. The number of hydrogen-bond donors (Lipinski definition) is 3. The molecule has 0 aromatic carbocycles. The van der Waals surface area contributed by atoms with Crippen LogP contribution in [0.1, 0.15) is 31.5 Å². The van der Waals surface area contributed by atoms with E-state index in [1.807, 2.05) is 6.92 Å². The fourth-order valence-corrected chi connectivity index (χ4v) is 2.57. The van der Waals surface area contributed by atoms with Crippen molar-refractivity contribution < 1.29 is 4.21 Å². The van der Waals surface area contributed by atoms with Crippen LogP contribution in [0.15, 0.2) is 6.07 Å². The summed E-state index contributed by atoms with van der Waals surface area (Å²) in [6.45, 7) is 1.98. The summed E-state index contributed by atoms with van der Waals surface area (Å²) in [7, 11) is -0.824. The van der Waals surface area contributed by atoms with Crippen LogP contribution in [0.5, 0.6) is 0 Å². The molecule has 0 saturated heterocycles. The molecule has 1 aliphatic carbocycles. The molecule has 100 valence electrons. The fraction of sp³-hybridized carbons (Fsp3) is 0.636. The molecule has 0 bridgehead atoms. The zero-order valence-corrected chi connectivity index (χ0v) is 11.5. The maximum Gasteiger partial charge on any atom is 0.145 e. The molecule has 1 saturated carbocycles. The minimum Gasteiger partial charge on any atom is -0.367 e. The predicted octanol–water partition coefficient (Wildman–Crippen LogP) is 0.818. The van der Waals surface area contributed by atoms with Crippen molar-refractivity contribution >= 4 is 22.4 Å². The van der Waals surface area contributed by atoms with E-state index in [4.69, 9.17) is 5.84 Å². The van der Waals surface area contributed by atoms with Crippen LogP contribution in [0.25, 0.3) is 0 Å². The van der Waals surface area contributed by atoms with E-state index in [1.54, 1.807) is 12.3 Å². The lowest BCUT2D eigenvalue weighted by atomic mass is 10.3. The third kappa shape index (κ3) is 3.64. The molecule has 6 nitrogen and oxygen atoms in total. The Hall–Kier alpha value is -1.21. The summed E-state index contributed by atoms with van der Waals surface area (Å²) >= 11 is 0. The van der Waals surface area contributed by atoms with Crippen molar-refractivity contribution in [2.45, 2.75) is 31.7 Å². The van der Waals surface area contributed by atoms with Crippen molar-refractivity contribution in [1.29, 1.82) is 0 Å². The van der Waals surface area contributed by atoms with E-state index in [2.05, 4.69) is 20.7 Å². The van der Waals surface area contributed by atoms with Gasteiger partial charge in [0.05, 0.1) is 0 Å². The summed E-state index contributed by atoms with van der Waals surface area (Å²) in [5, 5.41) is 3.23. The second-order valence-corrected chi connectivity index (χ2v) is 6.18. The van der Waals surface area contributed by atoms with Gasteiger partial charge in [-0.15, -0.1) is 0 Å². The summed E-state index contributed by atoms with van der Waals surface area (Å²) in [6.07, 6.45) is 3.98. The standard InChI is InChI=1S/C11H19N5OS/c1-7(6-18(2)17)13-9-5-10(16-12)15-11(14-9)8-3-4-8/h5,7-8H,3-4,6,12H2,1-2H3,(H2,13,14,15,16). The van der Waals surface area contributed by atoms with Crippen LogP contribution in [0.3, 0.4) is 0 Å². The van der Waals surface area contributed by atoms with Gasteiger partial charge in [0.25, 0.3) is 0 Å². The van der Waals surface area contributed by atoms with Gasteiger partial charge in [0.1, 0.15) is 17.5 Å². The quantitative estimate of drug-likeness (QED) is 0.523. The Kier molecular flexibility index (Phi) is 4.13. The molecule has 0 amide bonds. The van der Waals surface area contributed by atoms with E-state index in [0.29, 0.717) is 17.5 Å². The highest BCUT2D eigenvalue weighted by atomic mass is 32.2. The Labute approximate surface area is 109 Å². The number of nitrogens with one attached hydrogen (secondary N) is 2. The Morgan fingerprint density at radius 3 is 2.72 bits per heavy atom. The van der Waals surface area contributed by atoms with Crippen LogP contribution >= 0.6 is 0 Å². The minimum absolute atomic E-state index is 0.100. The molecule has 0 radical (unpaired) electrons. The lowest BCUT2D eigenvalue weighted by molar-refractivity contribution is 0.682. The van der Waals surface area contributed by atoms with Crippen molar-refractivity contribution in [1.82, 2.24) is 9.97 Å². The minimum atomic E-state index is -0.824. The zero-order valence-electron chi connectivity index (χ0n) is 10.6. The maximum atomic E-state index is 11.2. The summed E-state index contributed by atoms with van der Waals surface area (Å²) in [4.78, 5) is 8.81. The Morgan fingerprint density at radius 2 is 2.17 bits per heavy atom. The van der Waals surface area contributed by atoms with Gasteiger partial charge in [0.2, 0.25) is 0 Å². The largest absolute Gasteiger partial charge is 0.367 e. The second kappa shape index (κ2) is 5.62. The first-order valence-electron chi connectivity index (χ1n) is 6.00. The number of hydrogen-bond acceptors (Lipinski definition) is 6. The van der Waals surface area contributed by atoms with Crippen LogP contribution in [-0.2, 0) is 10.8 Å². The fourth-order valence-electron chi connectivity index (χ4n) is 1.78. The van der Waals surface area contributed by atoms with Gasteiger partial charge in [-0.3, -0.25) is 4.21 Å². The number of nitrogen functional groups attached to an aromatic ring is 1. The molecule has 0 spiro atoms. The van der Waals surface area contributed by atoms with E-state index in [9.17, 15) is 4.21 Å². The van der Waals surface area contributed by atoms with Gasteiger partial charge in [-0.05, 0) is 19.8 Å². The van der Waals surface area contributed by atoms with Crippen molar-refractivity contribution in [2.75, 3.05) is 22.8 Å². The Bertz CT molecular complexity index is 449. The number of nitrogens with two attached hydrogens (primary N) is 1. The van der Waals surface area contributed by atoms with Crippen LogP contribution in [0.4, 0.5) is 11.6 Å². The van der Waals surface area contributed by atoms with Crippen molar-refractivity contribution in [3.05, 3.63) is 11.9 Å². The number of hydrazine groups is 1. The van der Waals surface area contributed by atoms with E-state index in [-0.39, 0.29) is 6.04 Å². The van der Waals surface area contributed by atoms with Gasteiger partial charge >= 0.3 is 0 Å². The SMILES string of the molecule is CC(CS(C)=O)Nc1cc(NN)nc(C2CC2)n1. The smallest absolute Gasteiger partial charge is 0.145 e. The topological polar surface area (TPSA) is 92.9 Å². The molecule has 1 aromatic rings. The first-order valence-corrected chi connectivity index (χ1v) is 7.73. The predicted molar refractivity (Wildman–Crippen MR) is 73.8 cm³/mol. The summed E-state index contributed by atoms with van der Waals surface area (Å²) in [5.41, 5.74) is 2.55. The molecule has 2 rings (SSSR count). The molecule has 1 aliphatic rings. The highest BCUT2D eigenvalue weighted by Gasteiger charge is 2.27. The molecule has 1 heterocycles. The molecule has 1 fully saturated rings. The van der Waals surface area contributed by atoms with Crippen LogP contribution < -0.4 is 16.6 Å². The van der Waals surface area contributed by atoms with E-state index in [0.717, 1.165) is 24.5 Å². The summed E-state index contributed by atoms with van der Waals surface area (Å²) in [5.74, 6) is 8.64. The summed E-state index contributed by atoms with van der Waals surface area (Å²) in [6, 6.07) is 1.87. The van der Waals surface area contributed by atoms with Gasteiger partial charge in [0, 0.05) is 40.8 Å². The molecule has 18 heavy (non-hydrogen) atoms. The van der Waals surface area contributed by atoms with Crippen molar-refractivity contribution in [3.8, 4) is 0 Å². The number of anilines is 2.